The number of rotatable bonds is 6. The van der Waals surface area contributed by atoms with E-state index in [4.69, 9.17) is 14.9 Å². The van der Waals surface area contributed by atoms with E-state index in [9.17, 15) is 14.4 Å². The number of furan rings is 1. The van der Waals surface area contributed by atoms with Crippen molar-refractivity contribution in [3.8, 4) is 22.6 Å². The van der Waals surface area contributed by atoms with Gasteiger partial charge in [0.2, 0.25) is 0 Å². The SMILES string of the molecule is Cc1c(-c2cc3ccc(-c4ccc5c(c4)C(=O)NC5)cc3n2CC2CC2)oc2cc(C(=O)N3CC4CCC3(C(C)(C)C)[C@@H]4OC(N)=O)ccc12. The number of nitrogens with two attached hydrogens (primary N) is 1. The van der Waals surface area contributed by atoms with Crippen LogP contribution in [0.5, 0.6) is 0 Å². The van der Waals surface area contributed by atoms with Crippen molar-refractivity contribution >= 4 is 39.8 Å². The Balaban J connectivity index is 1.10. The number of likely N-dealkylation sites (tertiary alicyclic amines) is 1. The molecule has 9 nitrogen and oxygen atoms in total. The molecule has 2 bridgehead atoms. The van der Waals surface area contributed by atoms with Crippen LogP contribution in [0.3, 0.4) is 0 Å². The van der Waals surface area contributed by atoms with E-state index < -0.39 is 17.7 Å². The van der Waals surface area contributed by atoms with Crippen LogP contribution in [-0.2, 0) is 17.8 Å². The molecule has 2 unspecified atom stereocenters. The summed E-state index contributed by atoms with van der Waals surface area (Å²) in [5.74, 6) is 1.38. The molecule has 256 valence electrons. The van der Waals surface area contributed by atoms with Crippen LogP contribution in [0.4, 0.5) is 4.79 Å². The molecule has 3 N–H and O–H groups in total. The number of primary amides is 1. The van der Waals surface area contributed by atoms with Gasteiger partial charge in [0, 0.05) is 58.5 Å². The van der Waals surface area contributed by atoms with E-state index in [-0.39, 0.29) is 23.1 Å². The van der Waals surface area contributed by atoms with E-state index in [2.05, 4.69) is 67.9 Å². The van der Waals surface area contributed by atoms with Crippen LogP contribution in [0.15, 0.2) is 65.1 Å². The lowest BCUT2D eigenvalue weighted by Gasteiger charge is -2.49. The van der Waals surface area contributed by atoms with Crippen molar-refractivity contribution in [1.29, 1.82) is 0 Å². The molecule has 0 spiro atoms. The number of carbonyl (C=O) groups excluding carboxylic acids is 3. The first-order chi connectivity index (χ1) is 23.9. The Bertz CT molecular complexity index is 2270. The number of hydrogen-bond donors (Lipinski definition) is 2. The van der Waals surface area contributed by atoms with Gasteiger partial charge in [0.15, 0.2) is 5.76 Å². The largest absolute Gasteiger partial charge is 0.454 e. The second-order valence-electron chi connectivity index (χ2n) is 15.9. The second kappa shape index (κ2) is 10.7. The van der Waals surface area contributed by atoms with Gasteiger partial charge in [-0.2, -0.15) is 0 Å². The zero-order valence-electron chi connectivity index (χ0n) is 29.0. The Morgan fingerprint density at radius 2 is 1.80 bits per heavy atom. The number of piperidine rings is 1. The van der Waals surface area contributed by atoms with Crippen molar-refractivity contribution in [2.75, 3.05) is 6.54 Å². The molecule has 1 saturated heterocycles. The molecule has 2 saturated carbocycles. The summed E-state index contributed by atoms with van der Waals surface area (Å²) in [6.45, 7) is 10.4. The minimum Gasteiger partial charge on any atom is -0.454 e. The first-order valence-corrected chi connectivity index (χ1v) is 17.8. The highest BCUT2D eigenvalue weighted by molar-refractivity contribution is 6.01. The van der Waals surface area contributed by atoms with Crippen LogP contribution in [0.2, 0.25) is 0 Å². The van der Waals surface area contributed by atoms with Gasteiger partial charge in [0.25, 0.3) is 11.8 Å². The number of benzene rings is 3. The Morgan fingerprint density at radius 3 is 2.56 bits per heavy atom. The van der Waals surface area contributed by atoms with Crippen molar-refractivity contribution in [3.63, 3.8) is 0 Å². The first-order valence-electron chi connectivity index (χ1n) is 17.8. The summed E-state index contributed by atoms with van der Waals surface area (Å²) >= 11 is 0. The van der Waals surface area contributed by atoms with Crippen molar-refractivity contribution < 1.29 is 23.5 Å². The average Bonchev–Trinajstić information content (AvgIpc) is 3.30. The van der Waals surface area contributed by atoms with Gasteiger partial charge >= 0.3 is 6.09 Å². The van der Waals surface area contributed by atoms with E-state index in [1.54, 1.807) is 0 Å². The summed E-state index contributed by atoms with van der Waals surface area (Å²) in [4.78, 5) is 40.6. The van der Waals surface area contributed by atoms with Crippen molar-refractivity contribution in [3.05, 3.63) is 82.9 Å². The van der Waals surface area contributed by atoms with E-state index in [1.807, 2.05) is 35.2 Å². The van der Waals surface area contributed by atoms with Gasteiger partial charge in [-0.3, -0.25) is 9.59 Å². The molecule has 2 aliphatic carbocycles. The molecule has 0 radical (unpaired) electrons. The Kier molecular flexibility index (Phi) is 6.64. The van der Waals surface area contributed by atoms with Gasteiger partial charge in [-0.05, 0) is 91.0 Å². The van der Waals surface area contributed by atoms with Crippen LogP contribution >= 0.6 is 0 Å². The quantitative estimate of drug-likeness (QED) is 0.191. The fourth-order valence-electron chi connectivity index (χ4n) is 9.28. The minimum absolute atomic E-state index is 0.0183. The number of amides is 3. The minimum atomic E-state index is -0.794. The number of hydrogen-bond acceptors (Lipinski definition) is 5. The average molecular weight is 671 g/mol. The molecular weight excluding hydrogens is 628 g/mol. The number of ether oxygens (including phenoxy) is 1. The van der Waals surface area contributed by atoms with Crippen molar-refractivity contribution in [1.82, 2.24) is 14.8 Å². The molecule has 3 atom stereocenters. The molecule has 3 amide bonds. The number of aryl methyl sites for hydroxylation is 1. The van der Waals surface area contributed by atoms with E-state index in [0.29, 0.717) is 30.2 Å². The summed E-state index contributed by atoms with van der Waals surface area (Å²) in [5.41, 5.74) is 12.8. The highest BCUT2D eigenvalue weighted by Gasteiger charge is 2.66. The van der Waals surface area contributed by atoms with E-state index in [1.165, 1.54) is 12.8 Å². The monoisotopic (exact) mass is 670 g/mol. The molecule has 3 fully saturated rings. The van der Waals surface area contributed by atoms with Crippen LogP contribution in [0, 0.1) is 24.2 Å². The fraction of sp³-hybridized carbons (Fsp3) is 0.390. The van der Waals surface area contributed by atoms with Gasteiger partial charge in [0.1, 0.15) is 11.7 Å². The number of nitrogens with one attached hydrogen (secondary N) is 1. The van der Waals surface area contributed by atoms with Gasteiger partial charge in [0.05, 0.1) is 11.2 Å². The lowest BCUT2D eigenvalue weighted by molar-refractivity contribution is -0.0359. The molecule has 4 aliphatic rings. The summed E-state index contributed by atoms with van der Waals surface area (Å²) in [7, 11) is 0. The number of aromatic nitrogens is 1. The third-order valence-corrected chi connectivity index (χ3v) is 12.1. The molecule has 9 heteroatoms. The summed E-state index contributed by atoms with van der Waals surface area (Å²) in [6, 6.07) is 20.6. The van der Waals surface area contributed by atoms with Gasteiger partial charge in [-0.25, -0.2) is 4.79 Å². The summed E-state index contributed by atoms with van der Waals surface area (Å²) in [6.07, 6.45) is 2.84. The maximum atomic E-state index is 14.3. The maximum absolute atomic E-state index is 14.3. The lowest BCUT2D eigenvalue weighted by atomic mass is 9.70. The Labute approximate surface area is 290 Å². The molecule has 9 rings (SSSR count). The zero-order valence-corrected chi connectivity index (χ0v) is 29.0. The third-order valence-electron chi connectivity index (χ3n) is 12.1. The van der Waals surface area contributed by atoms with Gasteiger partial charge < -0.3 is 29.7 Å². The summed E-state index contributed by atoms with van der Waals surface area (Å²) < 4.78 is 14.8. The smallest absolute Gasteiger partial charge is 0.404 e. The van der Waals surface area contributed by atoms with Gasteiger partial charge in [-0.1, -0.05) is 51.1 Å². The molecule has 2 aromatic heterocycles. The first kappa shape index (κ1) is 31.0. The molecule has 4 heterocycles. The molecule has 3 aromatic carbocycles. The van der Waals surface area contributed by atoms with Crippen molar-refractivity contribution in [2.45, 2.75) is 78.1 Å². The topological polar surface area (TPSA) is 120 Å². The predicted molar refractivity (Wildman–Crippen MR) is 192 cm³/mol. The number of carbonyl (C=O) groups is 3. The third kappa shape index (κ3) is 4.55. The predicted octanol–water partition coefficient (Wildman–Crippen LogP) is 7.80. The van der Waals surface area contributed by atoms with Crippen LogP contribution < -0.4 is 11.1 Å². The van der Waals surface area contributed by atoms with Crippen LogP contribution in [0.25, 0.3) is 44.5 Å². The van der Waals surface area contributed by atoms with Gasteiger partial charge in [-0.15, -0.1) is 0 Å². The van der Waals surface area contributed by atoms with Crippen molar-refractivity contribution in [2.24, 2.45) is 23.0 Å². The summed E-state index contributed by atoms with van der Waals surface area (Å²) in [5, 5.41) is 5.02. The highest BCUT2D eigenvalue weighted by atomic mass is 16.6. The molecule has 2 aliphatic heterocycles. The number of nitrogens with zero attached hydrogens (tertiary/aromatic N) is 2. The molecular formula is C41H42N4O5. The van der Waals surface area contributed by atoms with E-state index >= 15 is 0 Å². The standard InChI is InChI=1S/C41H42N4O5/c1-22-30-12-11-27(38(47)45-21-29-13-14-41(45,40(2,3)4)36(29)50-39(42)48)18-34(30)49-35(22)33-17-26-9-7-25(16-32(26)44(33)20-23-5-6-23)24-8-10-28-19-43-37(46)31(28)15-24/h7-12,15-18,23,29,36H,5-6,13-14,19-21H2,1-4H3,(H2,42,48)(H,43,46)/t29?,36-,41?/m1/s1. The molecule has 50 heavy (non-hydrogen) atoms. The van der Waals surface area contributed by atoms with E-state index in [0.717, 1.165) is 74.9 Å². The number of fused-ring (bicyclic) bond motifs is 5. The highest BCUT2D eigenvalue weighted by Crippen LogP contribution is 2.57. The lowest BCUT2D eigenvalue weighted by Crippen LogP contribution is -2.60. The second-order valence-corrected chi connectivity index (χ2v) is 15.9. The normalized spacial score (nSPS) is 22.8. The Morgan fingerprint density at radius 1 is 1.02 bits per heavy atom. The zero-order chi connectivity index (χ0) is 34.7. The Hall–Kier alpha value is -5.05. The molecule has 5 aromatic rings. The maximum Gasteiger partial charge on any atom is 0.404 e. The fourth-order valence-corrected chi connectivity index (χ4v) is 9.28. The van der Waals surface area contributed by atoms with Crippen LogP contribution in [-0.4, -0.2) is 45.6 Å². The van der Waals surface area contributed by atoms with Crippen LogP contribution in [0.1, 0.15) is 78.3 Å².